The predicted octanol–water partition coefficient (Wildman–Crippen LogP) is 5.24. The third kappa shape index (κ3) is 6.17. The Morgan fingerprint density at radius 2 is 1.45 bits per heavy atom. The van der Waals surface area contributed by atoms with Gasteiger partial charge < -0.3 is 5.32 Å². The summed E-state index contributed by atoms with van der Waals surface area (Å²) in [6, 6.07) is 25.8. The SMILES string of the molecule is CC(c1ccc(CCNC(=O)c2ccc(CC(=O)c3ccccc3)cc2)cc1)N1CCCC1. The van der Waals surface area contributed by atoms with E-state index in [0.29, 0.717) is 30.1 Å². The molecule has 0 bridgehead atoms. The van der Waals surface area contributed by atoms with Crippen molar-refractivity contribution in [1.82, 2.24) is 10.2 Å². The number of Topliss-reactive ketones (excluding diaryl/α,β-unsaturated/α-hetero) is 1. The minimum atomic E-state index is -0.0878. The summed E-state index contributed by atoms with van der Waals surface area (Å²) in [7, 11) is 0. The van der Waals surface area contributed by atoms with Crippen molar-refractivity contribution in [3.8, 4) is 0 Å². The number of hydrogen-bond donors (Lipinski definition) is 1. The zero-order valence-corrected chi connectivity index (χ0v) is 19.3. The lowest BCUT2D eigenvalue weighted by molar-refractivity contribution is 0.0953. The van der Waals surface area contributed by atoms with Gasteiger partial charge in [-0.25, -0.2) is 0 Å². The first kappa shape index (κ1) is 22.9. The van der Waals surface area contributed by atoms with Gasteiger partial charge in [0.1, 0.15) is 0 Å². The average Bonchev–Trinajstić information content (AvgIpc) is 3.40. The van der Waals surface area contributed by atoms with Crippen molar-refractivity contribution in [1.29, 1.82) is 0 Å². The minimum absolute atomic E-state index is 0.0774. The second-order valence-electron chi connectivity index (χ2n) is 8.83. The first-order chi connectivity index (χ1) is 16.1. The Balaban J connectivity index is 1.23. The van der Waals surface area contributed by atoms with Gasteiger partial charge in [0.2, 0.25) is 0 Å². The molecule has 0 spiro atoms. The fraction of sp³-hybridized carbons (Fsp3) is 0.310. The molecule has 4 nitrogen and oxygen atoms in total. The van der Waals surface area contributed by atoms with Crippen molar-refractivity contribution in [3.63, 3.8) is 0 Å². The first-order valence-electron chi connectivity index (χ1n) is 11.9. The number of nitrogens with one attached hydrogen (secondary N) is 1. The van der Waals surface area contributed by atoms with Crippen LogP contribution in [0.4, 0.5) is 0 Å². The van der Waals surface area contributed by atoms with E-state index in [4.69, 9.17) is 0 Å². The van der Waals surface area contributed by atoms with Crippen molar-refractivity contribution in [3.05, 3.63) is 107 Å². The van der Waals surface area contributed by atoms with Gasteiger partial charge in [-0.05, 0) is 68.1 Å². The highest BCUT2D eigenvalue weighted by Gasteiger charge is 2.19. The molecule has 3 aromatic carbocycles. The predicted molar refractivity (Wildman–Crippen MR) is 133 cm³/mol. The van der Waals surface area contributed by atoms with Gasteiger partial charge in [0.05, 0.1) is 0 Å². The van der Waals surface area contributed by atoms with Crippen LogP contribution < -0.4 is 5.32 Å². The molecule has 1 saturated heterocycles. The number of carbonyl (C=O) groups is 2. The number of benzene rings is 3. The molecule has 4 rings (SSSR count). The van der Waals surface area contributed by atoms with E-state index in [1.165, 1.54) is 37.1 Å². The Kier molecular flexibility index (Phi) is 7.69. The van der Waals surface area contributed by atoms with E-state index in [2.05, 4.69) is 41.4 Å². The third-order valence-electron chi connectivity index (χ3n) is 6.53. The van der Waals surface area contributed by atoms with E-state index in [1.807, 2.05) is 42.5 Å². The van der Waals surface area contributed by atoms with Gasteiger partial charge in [-0.1, -0.05) is 66.7 Å². The van der Waals surface area contributed by atoms with Crippen LogP contribution in [0.1, 0.15) is 63.2 Å². The topological polar surface area (TPSA) is 49.4 Å². The maximum atomic E-state index is 12.5. The zero-order chi connectivity index (χ0) is 23.0. The Bertz CT molecular complexity index is 1050. The van der Waals surface area contributed by atoms with Gasteiger partial charge in [-0.3, -0.25) is 14.5 Å². The van der Waals surface area contributed by atoms with Crippen LogP contribution in [0.5, 0.6) is 0 Å². The summed E-state index contributed by atoms with van der Waals surface area (Å²) < 4.78 is 0. The molecule has 33 heavy (non-hydrogen) atoms. The highest BCUT2D eigenvalue weighted by molar-refractivity contribution is 5.98. The molecule has 0 saturated carbocycles. The van der Waals surface area contributed by atoms with Gasteiger partial charge in [0, 0.05) is 30.1 Å². The van der Waals surface area contributed by atoms with E-state index in [9.17, 15) is 9.59 Å². The van der Waals surface area contributed by atoms with Crippen LogP contribution in [-0.2, 0) is 12.8 Å². The summed E-state index contributed by atoms with van der Waals surface area (Å²) in [6.45, 7) is 5.26. The summed E-state index contributed by atoms with van der Waals surface area (Å²) in [6.07, 6.45) is 3.74. The smallest absolute Gasteiger partial charge is 0.251 e. The third-order valence-corrected chi connectivity index (χ3v) is 6.53. The number of rotatable bonds is 9. The van der Waals surface area contributed by atoms with Crippen LogP contribution in [0.3, 0.4) is 0 Å². The summed E-state index contributed by atoms with van der Waals surface area (Å²) in [4.78, 5) is 27.4. The summed E-state index contributed by atoms with van der Waals surface area (Å²) in [5.74, 6) is -0.0103. The Hall–Kier alpha value is -3.24. The average molecular weight is 441 g/mol. The standard InChI is InChI=1S/C29H32N2O2/c1-22(31-19-5-6-20-31)25-13-9-23(10-14-25)17-18-30-29(33)27-15-11-24(12-16-27)21-28(32)26-7-3-2-4-8-26/h2-4,7-16,22H,5-6,17-21H2,1H3,(H,30,33). The van der Waals surface area contributed by atoms with Crippen LogP contribution in [0.2, 0.25) is 0 Å². The normalized spacial score (nSPS) is 14.7. The molecule has 4 heteroatoms. The molecular formula is C29H32N2O2. The molecule has 1 N–H and O–H groups in total. The first-order valence-corrected chi connectivity index (χ1v) is 11.9. The molecule has 1 atom stereocenters. The molecule has 0 aromatic heterocycles. The van der Waals surface area contributed by atoms with Crippen molar-refractivity contribution in [2.24, 2.45) is 0 Å². The molecule has 0 radical (unpaired) electrons. The van der Waals surface area contributed by atoms with Crippen LogP contribution in [0.25, 0.3) is 0 Å². The van der Waals surface area contributed by atoms with E-state index < -0.39 is 0 Å². The molecule has 1 heterocycles. The highest BCUT2D eigenvalue weighted by atomic mass is 16.1. The maximum absolute atomic E-state index is 12.5. The van der Waals surface area contributed by atoms with E-state index in [-0.39, 0.29) is 11.7 Å². The van der Waals surface area contributed by atoms with Crippen LogP contribution in [0, 0.1) is 0 Å². The van der Waals surface area contributed by atoms with Crippen LogP contribution >= 0.6 is 0 Å². The molecule has 1 fully saturated rings. The van der Waals surface area contributed by atoms with Crippen molar-refractivity contribution >= 4 is 11.7 Å². The lowest BCUT2D eigenvalue weighted by Crippen LogP contribution is -2.25. The fourth-order valence-electron chi connectivity index (χ4n) is 4.41. The monoisotopic (exact) mass is 440 g/mol. The van der Waals surface area contributed by atoms with Gasteiger partial charge in [0.25, 0.3) is 5.91 Å². The zero-order valence-electron chi connectivity index (χ0n) is 19.3. The highest BCUT2D eigenvalue weighted by Crippen LogP contribution is 2.24. The largest absolute Gasteiger partial charge is 0.352 e. The Morgan fingerprint density at radius 1 is 0.818 bits per heavy atom. The molecule has 170 valence electrons. The molecular weight excluding hydrogens is 408 g/mol. The van der Waals surface area contributed by atoms with Crippen molar-refractivity contribution < 1.29 is 9.59 Å². The number of likely N-dealkylation sites (tertiary alicyclic amines) is 1. The Morgan fingerprint density at radius 3 is 2.12 bits per heavy atom. The van der Waals surface area contributed by atoms with Crippen LogP contribution in [0.15, 0.2) is 78.9 Å². The number of carbonyl (C=O) groups excluding carboxylic acids is 2. The molecule has 1 aliphatic heterocycles. The lowest BCUT2D eigenvalue weighted by atomic mass is 10.0. The summed E-state index contributed by atoms with van der Waals surface area (Å²) >= 11 is 0. The van der Waals surface area contributed by atoms with Gasteiger partial charge in [-0.15, -0.1) is 0 Å². The van der Waals surface area contributed by atoms with E-state index in [1.54, 1.807) is 12.1 Å². The van der Waals surface area contributed by atoms with E-state index in [0.717, 1.165) is 12.0 Å². The van der Waals surface area contributed by atoms with Crippen molar-refractivity contribution in [2.75, 3.05) is 19.6 Å². The second kappa shape index (κ2) is 11.1. The fourth-order valence-corrected chi connectivity index (χ4v) is 4.41. The van der Waals surface area contributed by atoms with E-state index >= 15 is 0 Å². The lowest BCUT2D eigenvalue weighted by Gasteiger charge is -2.24. The molecule has 1 aliphatic rings. The van der Waals surface area contributed by atoms with Gasteiger partial charge in [-0.2, -0.15) is 0 Å². The number of hydrogen-bond acceptors (Lipinski definition) is 3. The van der Waals surface area contributed by atoms with Crippen LogP contribution in [-0.4, -0.2) is 36.2 Å². The summed E-state index contributed by atoms with van der Waals surface area (Å²) in [5, 5.41) is 3.00. The molecule has 1 amide bonds. The minimum Gasteiger partial charge on any atom is -0.352 e. The second-order valence-corrected chi connectivity index (χ2v) is 8.83. The molecule has 3 aromatic rings. The quantitative estimate of drug-likeness (QED) is 0.463. The molecule has 1 unspecified atom stereocenters. The van der Waals surface area contributed by atoms with Gasteiger partial charge >= 0.3 is 0 Å². The number of amides is 1. The molecule has 0 aliphatic carbocycles. The van der Waals surface area contributed by atoms with Crippen molar-refractivity contribution in [2.45, 2.75) is 38.6 Å². The number of ketones is 1. The van der Waals surface area contributed by atoms with Gasteiger partial charge in [0.15, 0.2) is 5.78 Å². The number of nitrogens with zero attached hydrogens (tertiary/aromatic N) is 1. The summed E-state index contributed by atoms with van der Waals surface area (Å²) in [5.41, 5.74) is 4.81. The maximum Gasteiger partial charge on any atom is 0.251 e. The Labute approximate surface area is 196 Å².